The van der Waals surface area contributed by atoms with Crippen LogP contribution in [0.5, 0.6) is 5.88 Å². The van der Waals surface area contributed by atoms with Crippen molar-refractivity contribution in [1.82, 2.24) is 10.3 Å². The Morgan fingerprint density at radius 1 is 1.11 bits per heavy atom. The quantitative estimate of drug-likeness (QED) is 0.901. The summed E-state index contributed by atoms with van der Waals surface area (Å²) in [5.74, 6) is -1.12. The van der Waals surface area contributed by atoms with Gasteiger partial charge in [-0.3, -0.25) is 0 Å². The summed E-state index contributed by atoms with van der Waals surface area (Å²) in [6, 6.07) is 9.32. The number of nitrogens with zero attached hydrogens (tertiary/aromatic N) is 1. The van der Waals surface area contributed by atoms with Crippen LogP contribution in [0.25, 0.3) is 0 Å². The van der Waals surface area contributed by atoms with Gasteiger partial charge in [-0.25, -0.2) is 13.8 Å². The lowest BCUT2D eigenvalue weighted by molar-refractivity contribution is 0.395. The number of hydrogen-bond donors (Lipinski definition) is 1. The summed E-state index contributed by atoms with van der Waals surface area (Å²) < 4.78 is 30.8. The number of pyridine rings is 1. The number of nitrogens with one attached hydrogen (secondary N) is 1. The van der Waals surface area contributed by atoms with E-state index in [4.69, 9.17) is 4.74 Å². The Morgan fingerprint density at radius 3 is 2.68 bits per heavy atom. The Hall–Kier alpha value is -2.01. The molecule has 0 atom stereocenters. The summed E-state index contributed by atoms with van der Waals surface area (Å²) in [5.41, 5.74) is 1.50. The zero-order valence-electron chi connectivity index (χ0n) is 10.5. The minimum absolute atomic E-state index is 0.441. The number of rotatable bonds is 5. The van der Waals surface area contributed by atoms with E-state index in [1.54, 1.807) is 19.2 Å². The van der Waals surface area contributed by atoms with Gasteiger partial charge in [-0.05, 0) is 23.8 Å². The second-order valence-corrected chi connectivity index (χ2v) is 4.02. The Morgan fingerprint density at radius 2 is 1.95 bits per heavy atom. The van der Waals surface area contributed by atoms with Gasteiger partial charge >= 0.3 is 0 Å². The zero-order chi connectivity index (χ0) is 13.7. The van der Waals surface area contributed by atoms with E-state index in [9.17, 15) is 8.78 Å². The first-order valence-electron chi connectivity index (χ1n) is 5.83. The van der Waals surface area contributed by atoms with Gasteiger partial charge in [0, 0.05) is 19.2 Å². The minimum Gasteiger partial charge on any atom is -0.481 e. The molecule has 1 N–H and O–H groups in total. The van der Waals surface area contributed by atoms with E-state index in [0.29, 0.717) is 24.5 Å². The van der Waals surface area contributed by atoms with Gasteiger partial charge in [-0.1, -0.05) is 12.1 Å². The molecular formula is C14H14F2N2O. The van der Waals surface area contributed by atoms with Gasteiger partial charge in [0.15, 0.2) is 11.6 Å². The van der Waals surface area contributed by atoms with E-state index in [1.807, 2.05) is 12.1 Å². The van der Waals surface area contributed by atoms with Crippen LogP contribution in [0, 0.1) is 11.6 Å². The molecule has 3 nitrogen and oxygen atoms in total. The standard InChI is InChI=1S/C14H14F2N2O/c1-19-14-4-2-3-11(18-14)9-17-8-10-5-6-12(15)13(16)7-10/h2-7,17H,8-9H2,1H3. The molecule has 0 spiro atoms. The largest absolute Gasteiger partial charge is 0.481 e. The lowest BCUT2D eigenvalue weighted by Crippen LogP contribution is -2.14. The summed E-state index contributed by atoms with van der Waals surface area (Å²) in [4.78, 5) is 4.24. The summed E-state index contributed by atoms with van der Waals surface area (Å²) in [7, 11) is 1.56. The predicted molar refractivity (Wildman–Crippen MR) is 67.7 cm³/mol. The first kappa shape index (κ1) is 13.4. The van der Waals surface area contributed by atoms with Crippen LogP contribution in [-0.2, 0) is 13.1 Å². The molecule has 0 aliphatic rings. The number of ether oxygens (including phenoxy) is 1. The Kier molecular flexibility index (Phi) is 4.41. The molecule has 0 unspecified atom stereocenters. The second-order valence-electron chi connectivity index (χ2n) is 4.02. The fourth-order valence-electron chi connectivity index (χ4n) is 1.65. The summed E-state index contributed by atoms with van der Waals surface area (Å²) in [6.07, 6.45) is 0. The number of hydrogen-bond acceptors (Lipinski definition) is 3. The van der Waals surface area contributed by atoms with Crippen LogP contribution in [0.2, 0.25) is 0 Å². The van der Waals surface area contributed by atoms with Crippen LogP contribution in [0.3, 0.4) is 0 Å². The molecule has 0 fully saturated rings. The molecule has 1 aromatic carbocycles. The first-order valence-corrected chi connectivity index (χ1v) is 5.83. The first-order chi connectivity index (χ1) is 9.19. The number of benzene rings is 1. The molecule has 0 bridgehead atoms. The summed E-state index contributed by atoms with van der Waals surface area (Å²) in [6.45, 7) is 0.965. The van der Waals surface area contributed by atoms with Crippen LogP contribution in [-0.4, -0.2) is 12.1 Å². The molecule has 0 saturated carbocycles. The molecule has 0 aliphatic heterocycles. The van der Waals surface area contributed by atoms with Crippen molar-refractivity contribution in [2.24, 2.45) is 0 Å². The third-order valence-electron chi connectivity index (χ3n) is 2.61. The lowest BCUT2D eigenvalue weighted by atomic mass is 10.2. The molecule has 1 aromatic heterocycles. The lowest BCUT2D eigenvalue weighted by Gasteiger charge is -2.06. The second kappa shape index (κ2) is 6.24. The van der Waals surface area contributed by atoms with Gasteiger partial charge in [-0.2, -0.15) is 0 Å². The van der Waals surface area contributed by atoms with Gasteiger partial charge in [0.1, 0.15) is 0 Å². The Labute approximate surface area is 110 Å². The van der Waals surface area contributed by atoms with Crippen molar-refractivity contribution in [3.8, 4) is 5.88 Å². The van der Waals surface area contributed by atoms with E-state index >= 15 is 0 Å². The van der Waals surface area contributed by atoms with E-state index in [2.05, 4.69) is 10.3 Å². The number of aromatic nitrogens is 1. The summed E-state index contributed by atoms with van der Waals surface area (Å²) >= 11 is 0. The minimum atomic E-state index is -0.835. The van der Waals surface area contributed by atoms with E-state index in [0.717, 1.165) is 11.8 Å². The summed E-state index contributed by atoms with van der Waals surface area (Å²) in [5, 5.41) is 3.11. The smallest absolute Gasteiger partial charge is 0.213 e. The average Bonchev–Trinajstić information content (AvgIpc) is 2.43. The monoisotopic (exact) mass is 264 g/mol. The molecule has 0 aliphatic carbocycles. The van der Waals surface area contributed by atoms with Crippen molar-refractivity contribution in [3.63, 3.8) is 0 Å². The van der Waals surface area contributed by atoms with Gasteiger partial charge in [0.25, 0.3) is 0 Å². The highest BCUT2D eigenvalue weighted by molar-refractivity contribution is 5.18. The highest BCUT2D eigenvalue weighted by Crippen LogP contribution is 2.09. The van der Waals surface area contributed by atoms with Crippen LogP contribution in [0.4, 0.5) is 8.78 Å². The third kappa shape index (κ3) is 3.72. The molecule has 5 heteroatoms. The maximum Gasteiger partial charge on any atom is 0.213 e. The maximum atomic E-state index is 13.0. The van der Waals surface area contributed by atoms with Crippen LogP contribution in [0.15, 0.2) is 36.4 Å². The maximum absolute atomic E-state index is 13.0. The van der Waals surface area contributed by atoms with E-state index in [1.165, 1.54) is 6.07 Å². The van der Waals surface area contributed by atoms with E-state index < -0.39 is 11.6 Å². The van der Waals surface area contributed by atoms with Crippen molar-refractivity contribution < 1.29 is 13.5 Å². The van der Waals surface area contributed by atoms with Crippen molar-refractivity contribution in [2.75, 3.05) is 7.11 Å². The molecule has 19 heavy (non-hydrogen) atoms. The van der Waals surface area contributed by atoms with Crippen molar-refractivity contribution in [3.05, 3.63) is 59.3 Å². The molecule has 2 rings (SSSR count). The normalized spacial score (nSPS) is 10.5. The van der Waals surface area contributed by atoms with E-state index in [-0.39, 0.29) is 0 Å². The van der Waals surface area contributed by atoms with Crippen LogP contribution in [0.1, 0.15) is 11.3 Å². The molecule has 0 radical (unpaired) electrons. The fourth-order valence-corrected chi connectivity index (χ4v) is 1.65. The highest BCUT2D eigenvalue weighted by atomic mass is 19.2. The van der Waals surface area contributed by atoms with Gasteiger partial charge in [0.2, 0.25) is 5.88 Å². The predicted octanol–water partition coefficient (Wildman–Crippen LogP) is 2.66. The Balaban J connectivity index is 1.90. The zero-order valence-corrected chi connectivity index (χ0v) is 10.5. The Bertz CT molecular complexity index is 561. The molecule has 2 aromatic rings. The molecule has 0 amide bonds. The molecule has 1 heterocycles. The number of methoxy groups -OCH3 is 1. The third-order valence-corrected chi connectivity index (χ3v) is 2.61. The molecular weight excluding hydrogens is 250 g/mol. The topological polar surface area (TPSA) is 34.1 Å². The average molecular weight is 264 g/mol. The van der Waals surface area contributed by atoms with Gasteiger partial charge in [0.05, 0.1) is 12.8 Å². The van der Waals surface area contributed by atoms with Crippen molar-refractivity contribution in [2.45, 2.75) is 13.1 Å². The highest BCUT2D eigenvalue weighted by Gasteiger charge is 2.02. The van der Waals surface area contributed by atoms with Crippen LogP contribution < -0.4 is 10.1 Å². The fraction of sp³-hybridized carbons (Fsp3) is 0.214. The molecule has 100 valence electrons. The van der Waals surface area contributed by atoms with Crippen molar-refractivity contribution >= 4 is 0 Å². The molecule has 0 saturated heterocycles. The van der Waals surface area contributed by atoms with Gasteiger partial charge in [-0.15, -0.1) is 0 Å². The van der Waals surface area contributed by atoms with Crippen LogP contribution >= 0.6 is 0 Å². The number of halogens is 2. The van der Waals surface area contributed by atoms with Crippen molar-refractivity contribution in [1.29, 1.82) is 0 Å². The van der Waals surface area contributed by atoms with Gasteiger partial charge < -0.3 is 10.1 Å². The SMILES string of the molecule is COc1cccc(CNCc2ccc(F)c(F)c2)n1.